The van der Waals surface area contributed by atoms with Gasteiger partial charge in [-0.05, 0) is 31.0 Å². The largest absolute Gasteiger partial charge is 0.377 e. The molecular formula is C24H32N4O4. The Morgan fingerprint density at radius 1 is 1.19 bits per heavy atom. The average Bonchev–Trinajstić information content (AvgIpc) is 2.82. The van der Waals surface area contributed by atoms with Gasteiger partial charge in [0.2, 0.25) is 5.91 Å². The van der Waals surface area contributed by atoms with Crippen molar-refractivity contribution in [1.29, 1.82) is 0 Å². The number of β-amino-alcohol motifs (C(OH)–C–C–N with tert-alkyl or cyclic N) is 1. The van der Waals surface area contributed by atoms with Crippen molar-refractivity contribution in [1.82, 2.24) is 15.1 Å². The Hall–Kier alpha value is -2.81. The standard InChI is InChI=1S/C24H32N4O4/c1-27-12-13-28(16-22(27)30)24(32)19-8-6-18(7-9-19)23(31)26-15-21(29)11-10-17-4-2-3-5-20(17)14-25/h2-6,8-9,18,22,30H,7,10-16,25H2,1H3,(H,26,31). The number of nitrogens with one attached hydrogen (secondary N) is 1. The van der Waals surface area contributed by atoms with Gasteiger partial charge in [-0.15, -0.1) is 0 Å². The van der Waals surface area contributed by atoms with Crippen LogP contribution in [0.1, 0.15) is 24.0 Å². The molecule has 2 unspecified atom stereocenters. The summed E-state index contributed by atoms with van der Waals surface area (Å²) in [5.41, 5.74) is 8.34. The van der Waals surface area contributed by atoms with Gasteiger partial charge < -0.3 is 21.1 Å². The summed E-state index contributed by atoms with van der Waals surface area (Å²) in [7, 11) is 1.82. The molecular weight excluding hydrogens is 408 g/mol. The lowest BCUT2D eigenvalue weighted by Gasteiger charge is -2.36. The first-order valence-electron chi connectivity index (χ1n) is 11.0. The molecule has 4 N–H and O–H groups in total. The summed E-state index contributed by atoms with van der Waals surface area (Å²) < 4.78 is 0. The van der Waals surface area contributed by atoms with Crippen LogP contribution in [0, 0.1) is 5.92 Å². The number of hydrogen-bond donors (Lipinski definition) is 3. The third-order valence-electron chi connectivity index (χ3n) is 6.06. The van der Waals surface area contributed by atoms with Gasteiger partial charge in [0.15, 0.2) is 5.78 Å². The molecule has 1 aliphatic carbocycles. The lowest BCUT2D eigenvalue weighted by Crippen LogP contribution is -2.53. The van der Waals surface area contributed by atoms with Crippen molar-refractivity contribution >= 4 is 17.6 Å². The monoisotopic (exact) mass is 440 g/mol. The second kappa shape index (κ2) is 11.2. The lowest BCUT2D eigenvalue weighted by atomic mass is 9.95. The van der Waals surface area contributed by atoms with Gasteiger partial charge in [0, 0.05) is 31.6 Å². The maximum atomic E-state index is 12.7. The van der Waals surface area contributed by atoms with E-state index in [0.717, 1.165) is 11.1 Å². The topological polar surface area (TPSA) is 116 Å². The quantitative estimate of drug-likeness (QED) is 0.538. The van der Waals surface area contributed by atoms with E-state index in [-0.39, 0.29) is 30.7 Å². The number of amides is 2. The second-order valence-electron chi connectivity index (χ2n) is 8.30. The minimum atomic E-state index is -0.666. The van der Waals surface area contributed by atoms with Gasteiger partial charge in [-0.1, -0.05) is 42.5 Å². The molecule has 0 radical (unpaired) electrons. The van der Waals surface area contributed by atoms with Crippen LogP contribution in [0.25, 0.3) is 0 Å². The molecule has 0 aromatic heterocycles. The molecule has 1 aromatic rings. The van der Waals surface area contributed by atoms with Crippen molar-refractivity contribution in [2.24, 2.45) is 11.7 Å². The molecule has 0 saturated carbocycles. The van der Waals surface area contributed by atoms with E-state index in [9.17, 15) is 19.5 Å². The van der Waals surface area contributed by atoms with E-state index in [1.54, 1.807) is 28.0 Å². The number of aliphatic hydroxyl groups excluding tert-OH is 1. The number of carbonyl (C=O) groups is 3. The van der Waals surface area contributed by atoms with Crippen LogP contribution in [0.4, 0.5) is 0 Å². The summed E-state index contributed by atoms with van der Waals surface area (Å²) >= 11 is 0. The van der Waals surface area contributed by atoms with E-state index in [1.165, 1.54) is 0 Å². The summed E-state index contributed by atoms with van der Waals surface area (Å²) in [6.07, 6.45) is 5.79. The van der Waals surface area contributed by atoms with E-state index in [0.29, 0.717) is 44.5 Å². The number of hydrogen-bond acceptors (Lipinski definition) is 6. The first-order valence-corrected chi connectivity index (χ1v) is 11.0. The number of aliphatic hydroxyl groups is 1. The smallest absolute Gasteiger partial charge is 0.253 e. The molecule has 1 heterocycles. The van der Waals surface area contributed by atoms with Gasteiger partial charge in [0.05, 0.1) is 19.0 Å². The maximum Gasteiger partial charge on any atom is 0.253 e. The summed E-state index contributed by atoms with van der Waals surface area (Å²) in [5.74, 6) is -0.810. The van der Waals surface area contributed by atoms with Crippen LogP contribution < -0.4 is 11.1 Å². The normalized spacial score (nSPS) is 21.2. The Labute approximate surface area is 188 Å². The fourth-order valence-corrected chi connectivity index (χ4v) is 3.88. The van der Waals surface area contributed by atoms with Gasteiger partial charge in [-0.3, -0.25) is 19.3 Å². The number of carbonyl (C=O) groups excluding carboxylic acids is 3. The molecule has 1 aromatic carbocycles. The second-order valence-corrected chi connectivity index (χ2v) is 8.30. The maximum absolute atomic E-state index is 12.7. The zero-order valence-electron chi connectivity index (χ0n) is 18.5. The molecule has 0 spiro atoms. The Morgan fingerprint density at radius 3 is 2.59 bits per heavy atom. The molecule has 2 aliphatic rings. The summed E-state index contributed by atoms with van der Waals surface area (Å²) in [5, 5.41) is 12.7. The zero-order chi connectivity index (χ0) is 23.1. The molecule has 0 bridgehead atoms. The number of benzene rings is 1. The van der Waals surface area contributed by atoms with Crippen molar-refractivity contribution < 1.29 is 19.5 Å². The number of Topliss-reactive ketones (excluding diaryl/α,β-unsaturated/α-hetero) is 1. The molecule has 32 heavy (non-hydrogen) atoms. The number of rotatable bonds is 8. The Balaban J connectivity index is 1.42. The van der Waals surface area contributed by atoms with Crippen molar-refractivity contribution in [3.63, 3.8) is 0 Å². The van der Waals surface area contributed by atoms with Gasteiger partial charge in [0.25, 0.3) is 5.91 Å². The van der Waals surface area contributed by atoms with E-state index >= 15 is 0 Å². The number of allylic oxidation sites excluding steroid dienone is 1. The number of likely N-dealkylation sites (N-methyl/N-ethyl adjacent to an activating group) is 1. The van der Waals surface area contributed by atoms with Crippen LogP contribution in [-0.4, -0.2) is 72.0 Å². The van der Waals surface area contributed by atoms with E-state index in [1.807, 2.05) is 31.3 Å². The average molecular weight is 441 g/mol. The van der Waals surface area contributed by atoms with E-state index in [4.69, 9.17) is 5.73 Å². The minimum absolute atomic E-state index is 0.0113. The molecule has 8 nitrogen and oxygen atoms in total. The fraction of sp³-hybridized carbons (Fsp3) is 0.458. The third-order valence-corrected chi connectivity index (χ3v) is 6.06. The first-order chi connectivity index (χ1) is 15.4. The third kappa shape index (κ3) is 6.12. The van der Waals surface area contributed by atoms with Crippen LogP contribution in [0.2, 0.25) is 0 Å². The van der Waals surface area contributed by atoms with Crippen LogP contribution >= 0.6 is 0 Å². The molecule has 2 amide bonds. The SMILES string of the molecule is CN1CCN(C(=O)C2=CCC(C(=O)NCC(=O)CCc3ccccc3CN)C=C2)CC1O. The Bertz CT molecular complexity index is 911. The van der Waals surface area contributed by atoms with Crippen molar-refractivity contribution in [2.45, 2.75) is 32.0 Å². The number of nitrogens with zero attached hydrogens (tertiary/aromatic N) is 2. The van der Waals surface area contributed by atoms with Gasteiger partial charge in [-0.2, -0.15) is 0 Å². The molecule has 1 aliphatic heterocycles. The van der Waals surface area contributed by atoms with Crippen LogP contribution in [0.5, 0.6) is 0 Å². The number of aryl methyl sites for hydroxylation is 1. The van der Waals surface area contributed by atoms with Crippen molar-refractivity contribution in [2.75, 3.05) is 33.2 Å². The predicted molar refractivity (Wildman–Crippen MR) is 121 cm³/mol. The number of piperazine rings is 1. The lowest BCUT2D eigenvalue weighted by molar-refractivity contribution is -0.134. The Kier molecular flexibility index (Phi) is 8.33. The summed E-state index contributed by atoms with van der Waals surface area (Å²) in [4.78, 5) is 40.7. The highest BCUT2D eigenvalue weighted by Gasteiger charge is 2.28. The van der Waals surface area contributed by atoms with Crippen molar-refractivity contribution in [3.05, 3.63) is 59.2 Å². The summed E-state index contributed by atoms with van der Waals surface area (Å²) in [6.45, 7) is 1.85. The molecule has 2 atom stereocenters. The van der Waals surface area contributed by atoms with E-state index < -0.39 is 12.1 Å². The highest BCUT2D eigenvalue weighted by atomic mass is 16.3. The van der Waals surface area contributed by atoms with Gasteiger partial charge in [-0.25, -0.2) is 0 Å². The molecule has 3 rings (SSSR count). The zero-order valence-corrected chi connectivity index (χ0v) is 18.5. The highest BCUT2D eigenvalue weighted by Crippen LogP contribution is 2.19. The minimum Gasteiger partial charge on any atom is -0.377 e. The molecule has 1 fully saturated rings. The van der Waals surface area contributed by atoms with Crippen LogP contribution in [0.15, 0.2) is 48.1 Å². The van der Waals surface area contributed by atoms with Crippen LogP contribution in [-0.2, 0) is 27.3 Å². The molecule has 172 valence electrons. The summed E-state index contributed by atoms with van der Waals surface area (Å²) in [6, 6.07) is 7.77. The highest BCUT2D eigenvalue weighted by molar-refractivity contribution is 5.97. The molecule has 8 heteroatoms. The van der Waals surface area contributed by atoms with Crippen LogP contribution in [0.3, 0.4) is 0 Å². The van der Waals surface area contributed by atoms with Gasteiger partial charge >= 0.3 is 0 Å². The Morgan fingerprint density at radius 2 is 1.94 bits per heavy atom. The van der Waals surface area contributed by atoms with Gasteiger partial charge in [0.1, 0.15) is 6.23 Å². The predicted octanol–water partition coefficient (Wildman–Crippen LogP) is 0.358. The number of nitrogens with two attached hydrogens (primary N) is 1. The fourth-order valence-electron chi connectivity index (χ4n) is 3.88. The van der Waals surface area contributed by atoms with Crippen molar-refractivity contribution in [3.8, 4) is 0 Å². The van der Waals surface area contributed by atoms with E-state index in [2.05, 4.69) is 5.32 Å². The first kappa shape index (κ1) is 23.8. The number of ketones is 1. The molecule has 1 saturated heterocycles.